The summed E-state index contributed by atoms with van der Waals surface area (Å²) in [5.74, 6) is 2.37. The summed E-state index contributed by atoms with van der Waals surface area (Å²) in [6.07, 6.45) is 6.10. The zero-order chi connectivity index (χ0) is 11.8. The first-order valence-electron chi connectivity index (χ1n) is 6.55. The summed E-state index contributed by atoms with van der Waals surface area (Å²) in [6, 6.07) is 0. The van der Waals surface area contributed by atoms with Crippen molar-refractivity contribution < 1.29 is 14.3 Å². The lowest BCUT2D eigenvalue weighted by Crippen LogP contribution is -2.70. The minimum absolute atomic E-state index is 0.134. The van der Waals surface area contributed by atoms with Gasteiger partial charge >= 0.3 is 6.16 Å². The van der Waals surface area contributed by atoms with Crippen molar-refractivity contribution in [2.24, 2.45) is 23.2 Å². The fourth-order valence-electron chi connectivity index (χ4n) is 5.78. The molecular weight excluding hydrogens is 331 g/mol. The second-order valence-electron chi connectivity index (χ2n) is 6.23. The molecule has 0 heterocycles. The number of ether oxygens (including phenoxy) is 2. The fraction of sp³-hybridized carbons (Fsp3) is 0.923. The van der Waals surface area contributed by atoms with Crippen LogP contribution in [0.2, 0.25) is 0 Å². The molecule has 6 unspecified atom stereocenters. The normalized spacial score (nSPS) is 57.5. The van der Waals surface area contributed by atoms with Gasteiger partial charge in [-0.05, 0) is 49.4 Å². The third-order valence-corrected chi connectivity index (χ3v) is 7.90. The van der Waals surface area contributed by atoms with Crippen molar-refractivity contribution in [3.8, 4) is 0 Å². The van der Waals surface area contributed by atoms with Crippen LogP contribution in [0.4, 0.5) is 4.79 Å². The number of carbonyl (C=O) groups is 1. The largest absolute Gasteiger partial charge is 0.508 e. The van der Waals surface area contributed by atoms with Gasteiger partial charge in [0.1, 0.15) is 6.10 Å². The van der Waals surface area contributed by atoms with E-state index in [9.17, 15) is 4.79 Å². The Kier molecular flexibility index (Phi) is 1.99. The van der Waals surface area contributed by atoms with Crippen LogP contribution >= 0.6 is 22.6 Å². The van der Waals surface area contributed by atoms with E-state index >= 15 is 0 Å². The van der Waals surface area contributed by atoms with Crippen LogP contribution in [0.15, 0.2) is 0 Å². The topological polar surface area (TPSA) is 35.5 Å². The van der Waals surface area contributed by atoms with E-state index in [4.69, 9.17) is 4.74 Å². The Bertz CT molecular complexity index is 398. The molecule has 0 N–H and O–H groups in total. The molecular formula is C13H17IO3. The average molecular weight is 348 g/mol. The molecule has 0 amide bonds. The Morgan fingerprint density at radius 1 is 1.29 bits per heavy atom. The molecule has 0 saturated heterocycles. The smallest absolute Gasteiger partial charge is 0.438 e. The van der Waals surface area contributed by atoms with Gasteiger partial charge in [-0.2, -0.15) is 0 Å². The maximum absolute atomic E-state index is 11.3. The van der Waals surface area contributed by atoms with Crippen LogP contribution in [0.5, 0.6) is 0 Å². The summed E-state index contributed by atoms with van der Waals surface area (Å²) in [6.45, 7) is 0. The van der Waals surface area contributed by atoms with E-state index in [0.717, 1.165) is 18.3 Å². The van der Waals surface area contributed by atoms with Crippen molar-refractivity contribution in [2.45, 2.75) is 41.6 Å². The summed E-state index contributed by atoms with van der Waals surface area (Å²) in [5, 5.41) is 0. The van der Waals surface area contributed by atoms with Crippen molar-refractivity contribution in [3.63, 3.8) is 0 Å². The van der Waals surface area contributed by atoms with E-state index < -0.39 is 6.16 Å². The molecule has 4 fully saturated rings. The first kappa shape index (κ1) is 10.9. The number of rotatable bonds is 1. The number of hydrogen-bond acceptors (Lipinski definition) is 3. The Morgan fingerprint density at radius 3 is 2.76 bits per heavy atom. The van der Waals surface area contributed by atoms with Crippen LogP contribution in [0, 0.1) is 23.2 Å². The number of alkyl halides is 1. The van der Waals surface area contributed by atoms with Crippen LogP contribution in [-0.2, 0) is 9.47 Å². The van der Waals surface area contributed by atoms with E-state index in [1.54, 1.807) is 0 Å². The van der Waals surface area contributed by atoms with Crippen molar-refractivity contribution >= 4 is 28.7 Å². The number of halogens is 1. The number of carbonyl (C=O) groups excluding carboxylic acids is 1. The van der Waals surface area contributed by atoms with Crippen molar-refractivity contribution in [2.75, 3.05) is 7.11 Å². The van der Waals surface area contributed by atoms with Crippen molar-refractivity contribution in [1.29, 1.82) is 0 Å². The molecule has 4 aliphatic carbocycles. The minimum Gasteiger partial charge on any atom is -0.438 e. The Labute approximate surface area is 115 Å². The van der Waals surface area contributed by atoms with Gasteiger partial charge in [-0.15, -0.1) is 0 Å². The Balaban J connectivity index is 1.62. The molecule has 0 aromatic heterocycles. The lowest BCUT2D eigenvalue weighted by Gasteiger charge is -2.71. The van der Waals surface area contributed by atoms with Crippen LogP contribution < -0.4 is 0 Å². The molecule has 1 spiro atoms. The van der Waals surface area contributed by atoms with E-state index in [-0.39, 0.29) is 6.10 Å². The molecule has 4 heteroatoms. The lowest BCUT2D eigenvalue weighted by atomic mass is 9.38. The fourth-order valence-corrected chi connectivity index (χ4v) is 8.12. The quantitative estimate of drug-likeness (QED) is 0.415. The second kappa shape index (κ2) is 3.11. The Morgan fingerprint density at radius 2 is 2.06 bits per heavy atom. The van der Waals surface area contributed by atoms with Gasteiger partial charge < -0.3 is 9.47 Å². The monoisotopic (exact) mass is 348 g/mol. The van der Waals surface area contributed by atoms with Crippen molar-refractivity contribution in [1.82, 2.24) is 0 Å². The predicted octanol–water partition coefficient (Wildman–Crippen LogP) is 3.15. The zero-order valence-corrected chi connectivity index (χ0v) is 12.1. The molecule has 0 aromatic carbocycles. The Hall–Kier alpha value is 0. The molecule has 17 heavy (non-hydrogen) atoms. The van der Waals surface area contributed by atoms with Gasteiger partial charge in [-0.25, -0.2) is 4.79 Å². The number of methoxy groups -OCH3 is 1. The van der Waals surface area contributed by atoms with Gasteiger partial charge in [0.2, 0.25) is 0 Å². The lowest BCUT2D eigenvalue weighted by molar-refractivity contribution is -0.143. The highest BCUT2D eigenvalue weighted by Gasteiger charge is 2.82. The maximum atomic E-state index is 11.3. The number of hydrogen-bond donors (Lipinski definition) is 0. The molecule has 0 aromatic rings. The van der Waals surface area contributed by atoms with Crippen LogP contribution in [0.3, 0.4) is 0 Å². The summed E-state index contributed by atoms with van der Waals surface area (Å²) in [5.41, 5.74) is 0.548. The van der Waals surface area contributed by atoms with Crippen molar-refractivity contribution in [3.05, 3.63) is 0 Å². The molecule has 4 aliphatic rings. The zero-order valence-electron chi connectivity index (χ0n) is 9.95. The van der Waals surface area contributed by atoms with Gasteiger partial charge in [0.05, 0.1) is 7.11 Å². The SMILES string of the molecule is COC(=O)OC1CC2CC3(I)CC4CCC1C423. The van der Waals surface area contributed by atoms with Gasteiger partial charge in [0, 0.05) is 9.34 Å². The van der Waals surface area contributed by atoms with Gasteiger partial charge in [0.25, 0.3) is 0 Å². The molecule has 3 nitrogen and oxygen atoms in total. The first-order chi connectivity index (χ1) is 8.12. The molecule has 94 valence electrons. The summed E-state index contributed by atoms with van der Waals surface area (Å²) < 4.78 is 10.7. The standard InChI is InChI=1S/C13H17IO3/c1-16-11(15)17-10-4-8-6-12(14)5-7-2-3-9(10)13(7,8)12/h7-10H,2-6H2,1H3. The van der Waals surface area contributed by atoms with Crippen LogP contribution in [-0.4, -0.2) is 22.8 Å². The molecule has 4 saturated carbocycles. The van der Waals surface area contributed by atoms with Crippen LogP contribution in [0.1, 0.15) is 32.1 Å². The van der Waals surface area contributed by atoms with E-state index in [1.807, 2.05) is 0 Å². The second-order valence-corrected chi connectivity index (χ2v) is 8.30. The summed E-state index contributed by atoms with van der Waals surface area (Å²) in [4.78, 5) is 11.3. The predicted molar refractivity (Wildman–Crippen MR) is 70.0 cm³/mol. The van der Waals surface area contributed by atoms with E-state index in [2.05, 4.69) is 27.3 Å². The highest BCUT2D eigenvalue weighted by Crippen LogP contribution is 2.85. The molecule has 0 aliphatic heterocycles. The maximum Gasteiger partial charge on any atom is 0.508 e. The van der Waals surface area contributed by atoms with Gasteiger partial charge in [0.15, 0.2) is 0 Å². The minimum atomic E-state index is -0.491. The first-order valence-corrected chi connectivity index (χ1v) is 7.63. The van der Waals surface area contributed by atoms with Gasteiger partial charge in [-0.1, -0.05) is 22.6 Å². The highest BCUT2D eigenvalue weighted by molar-refractivity contribution is 14.1. The highest BCUT2D eigenvalue weighted by atomic mass is 127. The molecule has 0 bridgehead atoms. The third kappa shape index (κ3) is 1.00. The summed E-state index contributed by atoms with van der Waals surface area (Å²) >= 11 is 2.70. The van der Waals surface area contributed by atoms with Crippen LogP contribution in [0.25, 0.3) is 0 Å². The average Bonchev–Trinajstić information content (AvgIpc) is 2.79. The third-order valence-electron chi connectivity index (χ3n) is 6.09. The molecule has 0 radical (unpaired) electrons. The summed E-state index contributed by atoms with van der Waals surface area (Å²) in [7, 11) is 1.40. The molecule has 4 rings (SSSR count). The molecule has 6 atom stereocenters. The van der Waals surface area contributed by atoms with Gasteiger partial charge in [-0.3, -0.25) is 0 Å². The van der Waals surface area contributed by atoms with E-state index in [0.29, 0.717) is 14.8 Å². The van der Waals surface area contributed by atoms with E-state index in [1.165, 1.54) is 32.8 Å².